The Morgan fingerprint density at radius 1 is 1.38 bits per heavy atom. The lowest BCUT2D eigenvalue weighted by atomic mass is 10.9. The third-order valence-corrected chi connectivity index (χ3v) is 0.773. The lowest BCUT2D eigenvalue weighted by Gasteiger charge is -1.78. The van der Waals surface area contributed by atoms with Gasteiger partial charge in [0.1, 0.15) is 11.6 Å². The Kier molecular flexibility index (Phi) is 26.7. The van der Waals surface area contributed by atoms with Crippen molar-refractivity contribution in [3.8, 4) is 0 Å². The second-order valence-electron chi connectivity index (χ2n) is 1.37. The van der Waals surface area contributed by atoms with Crippen molar-refractivity contribution in [1.82, 2.24) is 0 Å². The van der Waals surface area contributed by atoms with Crippen molar-refractivity contribution in [3.63, 3.8) is 0 Å². The van der Waals surface area contributed by atoms with Crippen molar-refractivity contribution < 1.29 is 18.4 Å². The van der Waals surface area contributed by atoms with Gasteiger partial charge in [-0.05, 0) is 0 Å². The van der Waals surface area contributed by atoms with Crippen molar-refractivity contribution in [2.24, 2.45) is 0 Å². The molecule has 7 heteroatoms. The summed E-state index contributed by atoms with van der Waals surface area (Å²) in [4.78, 5) is 19.1. The molecule has 0 aliphatic rings. The van der Waals surface area contributed by atoms with Crippen LogP contribution >= 0.6 is 40.3 Å². The minimum Gasteiger partial charge on any atom is -0.288 e. The van der Waals surface area contributed by atoms with Gasteiger partial charge in [0.05, 0.1) is 0 Å². The summed E-state index contributed by atoms with van der Waals surface area (Å²) in [6, 6.07) is -0.602. The average molecular weight is 297 g/mol. The average Bonchev–Trinajstić information content (AvgIpc) is 1.86. The normalized spacial score (nSPS) is 7.23. The molecule has 0 amide bonds. The number of halogens is 3. The van der Waals surface area contributed by atoms with Gasteiger partial charge >= 0.3 is 0 Å². The molecule has 0 aromatic rings. The summed E-state index contributed by atoms with van der Waals surface area (Å²) in [6.07, 6.45) is 0. The van der Waals surface area contributed by atoms with E-state index in [0.29, 0.717) is 11.8 Å². The zero-order valence-electron chi connectivity index (χ0n) is 7.22. The molecular weight excluding hydrogens is 286 g/mol. The molecule has 0 unspecified atom stereocenters. The summed E-state index contributed by atoms with van der Waals surface area (Å²) in [5, 5.41) is -0.308. The first-order chi connectivity index (χ1) is 5.92. The van der Waals surface area contributed by atoms with Gasteiger partial charge in [0.2, 0.25) is 0 Å². The first kappa shape index (κ1) is 19.0. The molecule has 0 aromatic heterocycles. The highest BCUT2D eigenvalue weighted by atomic mass is 79.9. The van der Waals surface area contributed by atoms with Gasteiger partial charge < -0.3 is 0 Å². The summed E-state index contributed by atoms with van der Waals surface area (Å²) < 4.78 is 21.2. The van der Waals surface area contributed by atoms with Crippen LogP contribution in [0.1, 0.15) is 13.8 Å². The Bertz CT molecular complexity index is 132. The molecule has 0 atom stereocenters. The van der Waals surface area contributed by atoms with Gasteiger partial charge in [0.25, 0.3) is 0 Å². The zero-order chi connectivity index (χ0) is 11.3. The Morgan fingerprint density at radius 2 is 1.62 bits per heavy atom. The zero-order valence-corrected chi connectivity index (χ0v) is 10.5. The highest BCUT2D eigenvalue weighted by Gasteiger charge is 1.86. The molecule has 0 rings (SSSR count). The highest BCUT2D eigenvalue weighted by Crippen LogP contribution is 1.98. The Hall–Kier alpha value is 0.380. The van der Waals surface area contributed by atoms with E-state index < -0.39 is 11.6 Å². The van der Waals surface area contributed by atoms with Gasteiger partial charge in [-0.25, -0.2) is 8.78 Å². The fraction of sp³-hybridized carbons (Fsp3) is 0.667. The van der Waals surface area contributed by atoms with E-state index in [2.05, 4.69) is 28.6 Å². The van der Waals surface area contributed by atoms with Crippen molar-refractivity contribution >= 4 is 50.6 Å². The second kappa shape index (κ2) is 18.2. The molecule has 0 aliphatic heterocycles. The van der Waals surface area contributed by atoms with E-state index in [1.54, 1.807) is 0 Å². The van der Waals surface area contributed by atoms with Crippen LogP contribution < -0.4 is 0 Å². The number of carbonyl (C=O) groups is 2. The number of alkyl halides is 3. The summed E-state index contributed by atoms with van der Waals surface area (Å²) in [7, 11) is 0. The fourth-order valence-electron chi connectivity index (χ4n) is 0.0768. The van der Waals surface area contributed by atoms with Crippen LogP contribution in [0.4, 0.5) is 8.78 Å². The van der Waals surface area contributed by atoms with E-state index in [0.717, 1.165) is 0 Å². The van der Waals surface area contributed by atoms with E-state index in [-0.39, 0.29) is 10.2 Å². The molecular formula is C6H11BrF2O2S2. The summed E-state index contributed by atoms with van der Waals surface area (Å²) >= 11 is 6.49. The van der Waals surface area contributed by atoms with Crippen LogP contribution in [-0.2, 0) is 9.59 Å². The topological polar surface area (TPSA) is 34.1 Å². The predicted molar refractivity (Wildman–Crippen MR) is 58.8 cm³/mol. The lowest BCUT2D eigenvalue weighted by Crippen LogP contribution is -1.77. The maximum absolute atomic E-state index is 11.0. The molecule has 0 heterocycles. The predicted octanol–water partition coefficient (Wildman–Crippen LogP) is 2.96. The van der Waals surface area contributed by atoms with Gasteiger partial charge in [0, 0.05) is 13.8 Å². The minimum atomic E-state index is -0.602. The SMILES string of the molecule is CC(=O)S.CC(=O)SCF.FCBr. The third kappa shape index (κ3) is 117. The minimum absolute atomic E-state index is 0.139. The largest absolute Gasteiger partial charge is 0.288 e. The first-order valence-electron chi connectivity index (χ1n) is 2.93. The number of hydrogen-bond donors (Lipinski definition) is 1. The molecule has 2 nitrogen and oxygen atoms in total. The summed E-state index contributed by atoms with van der Waals surface area (Å²) in [5.74, 6) is 0. The molecule has 0 bridgehead atoms. The van der Waals surface area contributed by atoms with Gasteiger partial charge in [-0.15, -0.1) is 12.6 Å². The van der Waals surface area contributed by atoms with Crippen LogP contribution in [0, 0.1) is 0 Å². The highest BCUT2D eigenvalue weighted by molar-refractivity contribution is 9.09. The first-order valence-corrected chi connectivity index (χ1v) is 5.48. The number of carbonyl (C=O) groups excluding carboxylic acids is 2. The van der Waals surface area contributed by atoms with E-state index in [4.69, 9.17) is 0 Å². The van der Waals surface area contributed by atoms with Crippen molar-refractivity contribution in [2.75, 3.05) is 11.6 Å². The Morgan fingerprint density at radius 3 is 1.62 bits per heavy atom. The van der Waals surface area contributed by atoms with Gasteiger partial charge in [-0.3, -0.25) is 9.59 Å². The number of thioether (sulfide) groups is 1. The summed E-state index contributed by atoms with van der Waals surface area (Å²) in [5.41, 5.74) is -0.438. The maximum atomic E-state index is 11.0. The molecule has 0 radical (unpaired) electrons. The number of thiol groups is 1. The van der Waals surface area contributed by atoms with Crippen LogP contribution in [-0.4, -0.2) is 21.8 Å². The smallest absolute Gasteiger partial charge is 0.188 e. The molecule has 80 valence electrons. The molecule has 0 spiro atoms. The number of rotatable bonds is 1. The van der Waals surface area contributed by atoms with E-state index in [1.165, 1.54) is 13.8 Å². The molecule has 0 aromatic carbocycles. The monoisotopic (exact) mass is 296 g/mol. The lowest BCUT2D eigenvalue weighted by molar-refractivity contribution is -0.109. The van der Waals surface area contributed by atoms with E-state index in [1.807, 2.05) is 0 Å². The quantitative estimate of drug-likeness (QED) is 0.597. The van der Waals surface area contributed by atoms with Crippen LogP contribution in [0.2, 0.25) is 0 Å². The van der Waals surface area contributed by atoms with E-state index >= 15 is 0 Å². The summed E-state index contributed by atoms with van der Waals surface area (Å²) in [6.45, 7) is 2.73. The molecule has 0 aliphatic carbocycles. The Labute approximate surface area is 94.4 Å². The maximum Gasteiger partial charge on any atom is 0.188 e. The molecule has 0 N–H and O–H groups in total. The fourth-order valence-corrected chi connectivity index (χ4v) is 0.230. The van der Waals surface area contributed by atoms with Crippen molar-refractivity contribution in [2.45, 2.75) is 13.8 Å². The van der Waals surface area contributed by atoms with E-state index in [9.17, 15) is 18.4 Å². The number of hydrogen-bond acceptors (Lipinski definition) is 3. The molecule has 0 fully saturated rings. The van der Waals surface area contributed by atoms with Gasteiger partial charge in [0.15, 0.2) is 10.2 Å². The Balaban J connectivity index is -0.000000125. The van der Waals surface area contributed by atoms with Crippen molar-refractivity contribution in [3.05, 3.63) is 0 Å². The van der Waals surface area contributed by atoms with Crippen LogP contribution in [0.25, 0.3) is 0 Å². The van der Waals surface area contributed by atoms with Crippen molar-refractivity contribution in [1.29, 1.82) is 0 Å². The van der Waals surface area contributed by atoms with Crippen LogP contribution in [0.15, 0.2) is 0 Å². The second-order valence-corrected chi connectivity index (χ2v) is 3.50. The standard InChI is InChI=1S/C3H5FOS.C2H4OS.CH2BrF/c1-3(5)6-2-4;1-2(3)4;2-1-3/h2H2,1H3;1H3,(H,3,4);1H2. The molecule has 0 saturated carbocycles. The third-order valence-electron chi connectivity index (χ3n) is 0.258. The van der Waals surface area contributed by atoms with Crippen LogP contribution in [0.5, 0.6) is 0 Å². The van der Waals surface area contributed by atoms with Crippen LogP contribution in [0.3, 0.4) is 0 Å². The van der Waals surface area contributed by atoms with Gasteiger partial charge in [-0.1, -0.05) is 27.7 Å². The molecule has 13 heavy (non-hydrogen) atoms. The molecule has 0 saturated heterocycles. The van der Waals surface area contributed by atoms with Gasteiger partial charge in [-0.2, -0.15) is 0 Å².